The lowest BCUT2D eigenvalue weighted by Crippen LogP contribution is -2.56. The lowest BCUT2D eigenvalue weighted by molar-refractivity contribution is -0.147. The van der Waals surface area contributed by atoms with Crippen LogP contribution in [0.15, 0.2) is 48.5 Å². The third-order valence-corrected chi connectivity index (χ3v) is 6.65. The second-order valence-electron chi connectivity index (χ2n) is 9.58. The molecule has 5 rings (SSSR count). The van der Waals surface area contributed by atoms with Gasteiger partial charge in [-0.15, -0.1) is 0 Å². The highest BCUT2D eigenvalue weighted by atomic mass is 19.1. The van der Waals surface area contributed by atoms with Crippen molar-refractivity contribution in [2.24, 2.45) is 11.8 Å². The molecule has 0 radical (unpaired) electrons. The average molecular weight is 421 g/mol. The summed E-state index contributed by atoms with van der Waals surface area (Å²) in [6, 6.07) is 13.2. The summed E-state index contributed by atoms with van der Waals surface area (Å²) in [6.45, 7) is 5.41. The summed E-state index contributed by atoms with van der Waals surface area (Å²) >= 11 is 0. The second kappa shape index (κ2) is 6.47. The fourth-order valence-corrected chi connectivity index (χ4v) is 5.48. The van der Waals surface area contributed by atoms with Crippen LogP contribution in [0.1, 0.15) is 31.9 Å². The predicted molar refractivity (Wildman–Crippen MR) is 112 cm³/mol. The maximum absolute atomic E-state index is 14.2. The number of carbonyl (C=O) groups excluding carboxylic acids is 3. The molecule has 31 heavy (non-hydrogen) atoms. The number of rotatable bonds is 2. The van der Waals surface area contributed by atoms with Gasteiger partial charge in [0.1, 0.15) is 11.4 Å². The van der Waals surface area contributed by atoms with Crippen LogP contribution in [0.3, 0.4) is 0 Å². The largest absolute Gasteiger partial charge is 0.324 e. The molecule has 0 aliphatic carbocycles. The van der Waals surface area contributed by atoms with Crippen molar-refractivity contribution in [3.63, 3.8) is 0 Å². The summed E-state index contributed by atoms with van der Waals surface area (Å²) < 4.78 is 14.2. The molecule has 3 heterocycles. The first kappa shape index (κ1) is 19.9. The van der Waals surface area contributed by atoms with Gasteiger partial charge in [-0.25, -0.2) is 4.39 Å². The predicted octanol–water partition coefficient (Wildman–Crippen LogP) is 2.59. The normalized spacial score (nSPS) is 29.5. The van der Waals surface area contributed by atoms with Crippen LogP contribution >= 0.6 is 0 Å². The zero-order valence-electron chi connectivity index (χ0n) is 17.6. The van der Waals surface area contributed by atoms with Crippen LogP contribution in [-0.2, 0) is 26.3 Å². The molecule has 1 spiro atoms. The Morgan fingerprint density at radius 2 is 1.74 bits per heavy atom. The second-order valence-corrected chi connectivity index (χ2v) is 9.58. The van der Waals surface area contributed by atoms with E-state index in [1.54, 1.807) is 20.8 Å². The van der Waals surface area contributed by atoms with E-state index in [0.29, 0.717) is 17.7 Å². The van der Waals surface area contributed by atoms with Gasteiger partial charge in [0.2, 0.25) is 17.7 Å². The smallest absolute Gasteiger partial charge is 0.250 e. The fraction of sp³-hybridized carbons (Fsp3) is 0.375. The molecule has 2 fully saturated rings. The number of benzene rings is 2. The Hall–Kier alpha value is -3.06. The molecule has 7 heteroatoms. The number of nitrogens with one attached hydrogen (secondary N) is 2. The van der Waals surface area contributed by atoms with Crippen LogP contribution in [0.4, 0.5) is 10.1 Å². The Bertz CT molecular complexity index is 1110. The summed E-state index contributed by atoms with van der Waals surface area (Å²) in [4.78, 5) is 41.8. The number of hydrogen-bond donors (Lipinski definition) is 2. The first-order valence-electron chi connectivity index (χ1n) is 10.5. The van der Waals surface area contributed by atoms with E-state index in [0.717, 1.165) is 5.56 Å². The third-order valence-electron chi connectivity index (χ3n) is 6.65. The summed E-state index contributed by atoms with van der Waals surface area (Å²) in [6.07, 6.45) is 0.471. The molecule has 2 saturated heterocycles. The van der Waals surface area contributed by atoms with Gasteiger partial charge in [-0.05, 0) is 51.0 Å². The maximum atomic E-state index is 14.2. The van der Waals surface area contributed by atoms with Crippen molar-refractivity contribution >= 4 is 23.4 Å². The lowest BCUT2D eigenvalue weighted by Gasteiger charge is -2.34. The molecule has 2 aromatic carbocycles. The van der Waals surface area contributed by atoms with Gasteiger partial charge in [0.05, 0.1) is 11.8 Å². The molecule has 0 bridgehead atoms. The number of imide groups is 1. The first-order valence-corrected chi connectivity index (χ1v) is 10.5. The van der Waals surface area contributed by atoms with Gasteiger partial charge in [0.25, 0.3) is 0 Å². The van der Waals surface area contributed by atoms with E-state index in [9.17, 15) is 18.8 Å². The number of halogens is 1. The lowest BCUT2D eigenvalue weighted by atomic mass is 9.76. The zero-order chi connectivity index (χ0) is 22.1. The van der Waals surface area contributed by atoms with E-state index in [-0.39, 0.29) is 5.91 Å². The molecule has 3 aliphatic rings. The van der Waals surface area contributed by atoms with Crippen LogP contribution in [0.2, 0.25) is 0 Å². The van der Waals surface area contributed by atoms with Crippen molar-refractivity contribution in [3.8, 4) is 0 Å². The molecule has 6 nitrogen and oxygen atoms in total. The number of likely N-dealkylation sites (tertiary alicyclic amines) is 1. The molecule has 160 valence electrons. The van der Waals surface area contributed by atoms with E-state index in [2.05, 4.69) is 10.6 Å². The summed E-state index contributed by atoms with van der Waals surface area (Å²) in [5.41, 5.74) is -0.360. The van der Waals surface area contributed by atoms with Gasteiger partial charge in [0.15, 0.2) is 0 Å². The van der Waals surface area contributed by atoms with E-state index < -0.39 is 46.6 Å². The SMILES string of the molecule is CC(C)(C)N1C(=O)[C@@H]2[C@H](Cc3ccccc3)N[C@@]3(C(=O)Nc4ccc(F)cc43)[C@@H]2C1=O. The van der Waals surface area contributed by atoms with E-state index in [1.807, 2.05) is 30.3 Å². The zero-order valence-corrected chi connectivity index (χ0v) is 17.6. The van der Waals surface area contributed by atoms with Crippen molar-refractivity contribution in [2.45, 2.75) is 44.3 Å². The Morgan fingerprint density at radius 1 is 1.03 bits per heavy atom. The molecule has 2 N–H and O–H groups in total. The van der Waals surface area contributed by atoms with Crippen molar-refractivity contribution in [1.82, 2.24) is 10.2 Å². The summed E-state index contributed by atoms with van der Waals surface area (Å²) in [5, 5.41) is 6.13. The standard InChI is InChI=1S/C24H24FN3O3/c1-23(2,3)28-20(29)18-17(11-13-7-5-4-6-8-13)27-24(19(18)21(28)30)15-12-14(25)9-10-16(15)26-22(24)31/h4-10,12,17-19,27H,11H2,1-3H3,(H,26,31)/t17-,18+,19-,24+/m0/s1. The summed E-state index contributed by atoms with van der Waals surface area (Å²) in [7, 11) is 0. The Kier molecular flexibility index (Phi) is 4.15. The molecular formula is C24H24FN3O3. The highest BCUT2D eigenvalue weighted by Crippen LogP contribution is 2.54. The minimum Gasteiger partial charge on any atom is -0.324 e. The van der Waals surface area contributed by atoms with Crippen LogP contribution in [0.5, 0.6) is 0 Å². The monoisotopic (exact) mass is 421 g/mol. The molecule has 3 amide bonds. The fourth-order valence-electron chi connectivity index (χ4n) is 5.48. The molecule has 0 saturated carbocycles. The molecule has 0 aromatic heterocycles. The van der Waals surface area contributed by atoms with Gasteiger partial charge in [-0.2, -0.15) is 0 Å². The van der Waals surface area contributed by atoms with Crippen molar-refractivity contribution in [1.29, 1.82) is 0 Å². The molecule has 0 unspecified atom stereocenters. The summed E-state index contributed by atoms with van der Waals surface area (Å²) in [5.74, 6) is -3.24. The van der Waals surface area contributed by atoms with E-state index in [1.165, 1.54) is 23.1 Å². The van der Waals surface area contributed by atoms with Crippen molar-refractivity contribution in [2.75, 3.05) is 5.32 Å². The van der Waals surface area contributed by atoms with Gasteiger partial charge < -0.3 is 5.32 Å². The van der Waals surface area contributed by atoms with Crippen LogP contribution < -0.4 is 10.6 Å². The van der Waals surface area contributed by atoms with Crippen LogP contribution in [0, 0.1) is 17.7 Å². The quantitative estimate of drug-likeness (QED) is 0.731. The van der Waals surface area contributed by atoms with Gasteiger partial charge in [-0.1, -0.05) is 30.3 Å². The minimum absolute atomic E-state index is 0.287. The van der Waals surface area contributed by atoms with E-state index in [4.69, 9.17) is 0 Å². The number of carbonyl (C=O) groups is 3. The molecular weight excluding hydrogens is 397 g/mol. The highest BCUT2D eigenvalue weighted by Gasteiger charge is 2.71. The number of nitrogens with zero attached hydrogens (tertiary/aromatic N) is 1. The Labute approximate surface area is 179 Å². The Balaban J connectivity index is 1.68. The maximum Gasteiger partial charge on any atom is 0.250 e. The molecule has 3 aliphatic heterocycles. The minimum atomic E-state index is -1.48. The van der Waals surface area contributed by atoms with Crippen molar-refractivity contribution < 1.29 is 18.8 Å². The number of hydrogen-bond acceptors (Lipinski definition) is 4. The average Bonchev–Trinajstić information content (AvgIpc) is 3.27. The number of fused-ring (bicyclic) bond motifs is 4. The van der Waals surface area contributed by atoms with Crippen molar-refractivity contribution in [3.05, 3.63) is 65.5 Å². The number of anilines is 1. The Morgan fingerprint density at radius 3 is 2.42 bits per heavy atom. The van der Waals surface area contributed by atoms with Crippen LogP contribution in [-0.4, -0.2) is 34.2 Å². The molecule has 4 atom stereocenters. The van der Waals surface area contributed by atoms with E-state index >= 15 is 0 Å². The number of amides is 3. The van der Waals surface area contributed by atoms with Gasteiger partial charge in [-0.3, -0.25) is 24.6 Å². The van der Waals surface area contributed by atoms with Gasteiger partial charge in [0, 0.05) is 22.8 Å². The molecule has 2 aromatic rings. The highest BCUT2D eigenvalue weighted by molar-refractivity contribution is 6.15. The van der Waals surface area contributed by atoms with Gasteiger partial charge >= 0.3 is 0 Å². The topological polar surface area (TPSA) is 78.5 Å². The first-order chi connectivity index (χ1) is 14.6. The third kappa shape index (κ3) is 2.69. The van der Waals surface area contributed by atoms with Crippen LogP contribution in [0.25, 0.3) is 0 Å².